The lowest BCUT2D eigenvalue weighted by Crippen LogP contribution is -2.01. The fourth-order valence-corrected chi connectivity index (χ4v) is 3.29. The number of phenols is 1. The Morgan fingerprint density at radius 2 is 1.82 bits per heavy atom. The third-order valence-electron chi connectivity index (χ3n) is 4.71. The number of nitrogen functional groups attached to an aromatic ring is 1. The van der Waals surface area contributed by atoms with E-state index < -0.39 is 5.82 Å². The highest BCUT2D eigenvalue weighted by atomic mass is 35.5. The van der Waals surface area contributed by atoms with Gasteiger partial charge in [-0.05, 0) is 36.4 Å². The summed E-state index contributed by atoms with van der Waals surface area (Å²) in [5.41, 5.74) is 6.62. The van der Waals surface area contributed by atoms with Crippen molar-refractivity contribution >= 4 is 17.5 Å². The number of halogens is 2. The maximum atomic E-state index is 14.0. The van der Waals surface area contributed by atoms with Crippen molar-refractivity contribution in [3.05, 3.63) is 83.3 Å². The highest BCUT2D eigenvalue weighted by Crippen LogP contribution is 2.38. The number of aromatic hydroxyl groups is 1. The van der Waals surface area contributed by atoms with Crippen LogP contribution in [0.4, 0.5) is 10.3 Å². The molecule has 1 aromatic heterocycles. The Labute approximate surface area is 194 Å². The summed E-state index contributed by atoms with van der Waals surface area (Å²) in [7, 11) is 1.55. The van der Waals surface area contributed by atoms with Gasteiger partial charge in [-0.2, -0.15) is 0 Å². The molecule has 7 nitrogen and oxygen atoms in total. The van der Waals surface area contributed by atoms with Crippen LogP contribution in [0, 0.1) is 5.82 Å². The van der Waals surface area contributed by atoms with Crippen molar-refractivity contribution in [3.8, 4) is 40.0 Å². The van der Waals surface area contributed by atoms with E-state index in [1.165, 1.54) is 24.4 Å². The molecule has 4 rings (SSSR count). The minimum atomic E-state index is -0.473. The first kappa shape index (κ1) is 22.2. The molecular weight excluding hydrogens is 449 g/mol. The molecule has 33 heavy (non-hydrogen) atoms. The van der Waals surface area contributed by atoms with E-state index >= 15 is 0 Å². The number of methoxy groups -OCH3 is 1. The van der Waals surface area contributed by atoms with Gasteiger partial charge in [-0.25, -0.2) is 14.4 Å². The largest absolute Gasteiger partial charge is 0.507 e. The van der Waals surface area contributed by atoms with E-state index in [1.807, 2.05) is 0 Å². The second kappa shape index (κ2) is 9.62. The number of hydrogen-bond acceptors (Lipinski definition) is 7. The van der Waals surface area contributed by atoms with E-state index in [1.54, 1.807) is 49.6 Å². The van der Waals surface area contributed by atoms with Crippen LogP contribution in [-0.4, -0.2) is 22.2 Å². The quantitative estimate of drug-likeness (QED) is 0.364. The number of phenolic OH excluding ortho intramolecular Hbond substituents is 1. The lowest BCUT2D eigenvalue weighted by Gasteiger charge is -2.14. The highest BCUT2D eigenvalue weighted by molar-refractivity contribution is 6.31. The molecular formula is C24H19ClFN3O4. The van der Waals surface area contributed by atoms with Crippen molar-refractivity contribution in [2.24, 2.45) is 0 Å². The fourth-order valence-electron chi connectivity index (χ4n) is 3.07. The van der Waals surface area contributed by atoms with Crippen molar-refractivity contribution in [2.75, 3.05) is 12.8 Å². The molecule has 0 fully saturated rings. The van der Waals surface area contributed by atoms with Crippen LogP contribution in [0.2, 0.25) is 5.02 Å². The zero-order valence-corrected chi connectivity index (χ0v) is 18.2. The number of benzene rings is 3. The molecule has 0 aliphatic rings. The van der Waals surface area contributed by atoms with Crippen LogP contribution in [0.5, 0.6) is 28.7 Å². The van der Waals surface area contributed by atoms with E-state index in [0.717, 1.165) is 0 Å². The van der Waals surface area contributed by atoms with Crippen LogP contribution >= 0.6 is 11.6 Å². The Bertz CT molecular complexity index is 1280. The van der Waals surface area contributed by atoms with Gasteiger partial charge < -0.3 is 25.1 Å². The van der Waals surface area contributed by atoms with Gasteiger partial charge in [0.1, 0.15) is 41.1 Å². The second-order valence-electron chi connectivity index (χ2n) is 6.89. The van der Waals surface area contributed by atoms with Gasteiger partial charge in [0.2, 0.25) is 5.95 Å². The summed E-state index contributed by atoms with van der Waals surface area (Å²) in [5, 5.41) is 10.9. The van der Waals surface area contributed by atoms with Crippen LogP contribution in [0.3, 0.4) is 0 Å². The standard InChI is InChI=1S/C24H19ClFN3O4/c1-31-14-4-2-5-16(10-14)33-22-12-28-24(27)29-23(22)17-9-8-15(11-21(17)30)32-13-18-19(25)6-3-7-20(18)26/h2-12,30H,13H2,1H3,(H2,27,28,29). The molecule has 9 heteroatoms. The molecule has 0 saturated heterocycles. The lowest BCUT2D eigenvalue weighted by atomic mass is 10.1. The predicted octanol–water partition coefficient (Wildman–Crippen LogP) is 5.60. The summed E-state index contributed by atoms with van der Waals surface area (Å²) in [6.07, 6.45) is 1.42. The van der Waals surface area contributed by atoms with Gasteiger partial charge in [0.05, 0.1) is 18.3 Å². The van der Waals surface area contributed by atoms with E-state index in [0.29, 0.717) is 22.8 Å². The molecule has 0 saturated carbocycles. The zero-order valence-electron chi connectivity index (χ0n) is 17.5. The molecule has 0 amide bonds. The maximum Gasteiger partial charge on any atom is 0.220 e. The molecule has 0 unspecified atom stereocenters. The van der Waals surface area contributed by atoms with E-state index in [2.05, 4.69) is 9.97 Å². The first-order chi connectivity index (χ1) is 15.9. The number of rotatable bonds is 7. The Kier molecular flexibility index (Phi) is 6.46. The molecule has 4 aromatic rings. The number of anilines is 1. The van der Waals surface area contributed by atoms with E-state index in [9.17, 15) is 9.50 Å². The third kappa shape index (κ3) is 5.07. The molecule has 3 aromatic carbocycles. The summed E-state index contributed by atoms with van der Waals surface area (Å²) in [6.45, 7) is -0.102. The fraction of sp³-hybridized carbons (Fsp3) is 0.0833. The molecule has 3 N–H and O–H groups in total. The summed E-state index contributed by atoms with van der Waals surface area (Å²) in [5.74, 6) is 1.10. The van der Waals surface area contributed by atoms with Gasteiger partial charge >= 0.3 is 0 Å². The van der Waals surface area contributed by atoms with Crippen molar-refractivity contribution in [3.63, 3.8) is 0 Å². The summed E-state index contributed by atoms with van der Waals surface area (Å²) in [6, 6.07) is 16.0. The summed E-state index contributed by atoms with van der Waals surface area (Å²) >= 11 is 6.03. The predicted molar refractivity (Wildman–Crippen MR) is 122 cm³/mol. The van der Waals surface area contributed by atoms with Crippen LogP contribution in [0.1, 0.15) is 5.56 Å². The lowest BCUT2D eigenvalue weighted by molar-refractivity contribution is 0.298. The Morgan fingerprint density at radius 3 is 2.58 bits per heavy atom. The van der Waals surface area contributed by atoms with Crippen molar-refractivity contribution < 1.29 is 23.7 Å². The Morgan fingerprint density at radius 1 is 1.03 bits per heavy atom. The zero-order chi connectivity index (χ0) is 23.4. The maximum absolute atomic E-state index is 14.0. The molecule has 168 valence electrons. The smallest absolute Gasteiger partial charge is 0.220 e. The molecule has 0 spiro atoms. The second-order valence-corrected chi connectivity index (χ2v) is 7.30. The average Bonchev–Trinajstić information content (AvgIpc) is 2.80. The normalized spacial score (nSPS) is 10.6. The number of nitrogens with zero attached hydrogens (tertiary/aromatic N) is 2. The minimum Gasteiger partial charge on any atom is -0.507 e. The van der Waals surface area contributed by atoms with Crippen molar-refractivity contribution in [1.82, 2.24) is 9.97 Å². The number of nitrogens with two attached hydrogens (primary N) is 1. The molecule has 1 heterocycles. The molecule has 0 aliphatic heterocycles. The Hall–Kier alpha value is -4.04. The first-order valence-corrected chi connectivity index (χ1v) is 10.2. The SMILES string of the molecule is COc1cccc(Oc2cnc(N)nc2-c2ccc(OCc3c(F)cccc3Cl)cc2O)c1. The van der Waals surface area contributed by atoms with Crippen LogP contribution < -0.4 is 19.9 Å². The van der Waals surface area contributed by atoms with Crippen LogP contribution in [0.15, 0.2) is 66.9 Å². The number of hydrogen-bond donors (Lipinski definition) is 2. The molecule has 0 atom stereocenters. The number of aromatic nitrogens is 2. The van der Waals surface area contributed by atoms with E-state index in [4.69, 9.17) is 31.5 Å². The molecule has 0 bridgehead atoms. The van der Waals surface area contributed by atoms with Crippen LogP contribution in [0.25, 0.3) is 11.3 Å². The summed E-state index contributed by atoms with van der Waals surface area (Å²) < 4.78 is 30.7. The topological polar surface area (TPSA) is 99.7 Å². The van der Waals surface area contributed by atoms with Gasteiger partial charge in [-0.15, -0.1) is 0 Å². The van der Waals surface area contributed by atoms with Gasteiger partial charge in [0.25, 0.3) is 0 Å². The first-order valence-electron chi connectivity index (χ1n) is 9.78. The summed E-state index contributed by atoms with van der Waals surface area (Å²) in [4.78, 5) is 8.22. The number of ether oxygens (including phenoxy) is 3. The highest BCUT2D eigenvalue weighted by Gasteiger charge is 2.16. The van der Waals surface area contributed by atoms with Crippen molar-refractivity contribution in [1.29, 1.82) is 0 Å². The van der Waals surface area contributed by atoms with Gasteiger partial charge in [0, 0.05) is 23.3 Å². The third-order valence-corrected chi connectivity index (χ3v) is 5.07. The monoisotopic (exact) mass is 467 g/mol. The van der Waals surface area contributed by atoms with Crippen LogP contribution in [-0.2, 0) is 6.61 Å². The van der Waals surface area contributed by atoms with Gasteiger partial charge in [0.15, 0.2) is 5.75 Å². The molecule has 0 radical (unpaired) electrons. The van der Waals surface area contributed by atoms with Gasteiger partial charge in [-0.3, -0.25) is 0 Å². The minimum absolute atomic E-state index is 0.0110. The average molecular weight is 468 g/mol. The van der Waals surface area contributed by atoms with E-state index in [-0.39, 0.29) is 40.3 Å². The molecule has 0 aliphatic carbocycles. The Balaban J connectivity index is 1.60. The van der Waals surface area contributed by atoms with Gasteiger partial charge in [-0.1, -0.05) is 23.7 Å². The van der Waals surface area contributed by atoms with Crippen molar-refractivity contribution in [2.45, 2.75) is 6.61 Å².